The summed E-state index contributed by atoms with van der Waals surface area (Å²) in [5, 5.41) is 13.0. The zero-order valence-electron chi connectivity index (χ0n) is 13.3. The van der Waals surface area contributed by atoms with Gasteiger partial charge in [-0.2, -0.15) is 4.98 Å². The van der Waals surface area contributed by atoms with E-state index < -0.39 is 0 Å². The third kappa shape index (κ3) is 3.87. The highest BCUT2D eigenvalue weighted by atomic mass is 16.5. The van der Waals surface area contributed by atoms with Crippen LogP contribution in [0.4, 0.5) is 0 Å². The Morgan fingerprint density at radius 1 is 1.17 bits per heavy atom. The van der Waals surface area contributed by atoms with Crippen LogP contribution in [0.3, 0.4) is 0 Å². The maximum atomic E-state index is 8.97. The molecule has 2 heterocycles. The molecule has 0 atom stereocenters. The highest BCUT2D eigenvalue weighted by Gasteiger charge is 2.19. The highest BCUT2D eigenvalue weighted by molar-refractivity contribution is 5.63. The SMILES string of the molecule is COc1ccccc1-c1noc(CN2CCN(CCO)CC2)n1. The van der Waals surface area contributed by atoms with Gasteiger partial charge in [-0.1, -0.05) is 17.3 Å². The van der Waals surface area contributed by atoms with Crippen LogP contribution in [-0.2, 0) is 6.54 Å². The van der Waals surface area contributed by atoms with Gasteiger partial charge in [0.05, 0.1) is 25.8 Å². The van der Waals surface area contributed by atoms with Crippen LogP contribution in [0.5, 0.6) is 5.75 Å². The van der Waals surface area contributed by atoms with E-state index in [-0.39, 0.29) is 6.61 Å². The summed E-state index contributed by atoms with van der Waals surface area (Å²) in [6, 6.07) is 7.64. The number of rotatable bonds is 6. The lowest BCUT2D eigenvalue weighted by molar-refractivity contribution is 0.101. The van der Waals surface area contributed by atoms with Gasteiger partial charge in [-0.05, 0) is 12.1 Å². The van der Waals surface area contributed by atoms with E-state index >= 15 is 0 Å². The Morgan fingerprint density at radius 2 is 1.91 bits per heavy atom. The zero-order chi connectivity index (χ0) is 16.1. The minimum Gasteiger partial charge on any atom is -0.496 e. The molecular formula is C16H22N4O3. The third-order valence-electron chi connectivity index (χ3n) is 4.06. The molecule has 1 aliphatic rings. The fourth-order valence-corrected chi connectivity index (χ4v) is 2.76. The van der Waals surface area contributed by atoms with E-state index in [1.165, 1.54) is 0 Å². The Bertz CT molecular complexity index is 623. The molecule has 0 unspecified atom stereocenters. The number of aromatic nitrogens is 2. The molecule has 0 bridgehead atoms. The number of hydrogen-bond acceptors (Lipinski definition) is 7. The molecule has 1 N–H and O–H groups in total. The number of β-amino-alcohol motifs (C(OH)–C–C–N with tert-alkyl or cyclic N) is 1. The normalized spacial score (nSPS) is 16.6. The van der Waals surface area contributed by atoms with Crippen LogP contribution in [-0.4, -0.2) is 71.5 Å². The molecule has 7 heteroatoms. The molecule has 0 aliphatic carbocycles. The minimum absolute atomic E-state index is 0.214. The predicted octanol–water partition coefficient (Wildman–Crippen LogP) is 0.855. The van der Waals surface area contributed by atoms with Gasteiger partial charge in [0, 0.05) is 32.7 Å². The summed E-state index contributed by atoms with van der Waals surface area (Å²) in [6.07, 6.45) is 0. The van der Waals surface area contributed by atoms with Crippen molar-refractivity contribution in [2.75, 3.05) is 46.4 Å². The van der Waals surface area contributed by atoms with Crippen LogP contribution in [0.15, 0.2) is 28.8 Å². The first-order valence-electron chi connectivity index (χ1n) is 7.81. The molecule has 7 nitrogen and oxygen atoms in total. The predicted molar refractivity (Wildman–Crippen MR) is 85.1 cm³/mol. The summed E-state index contributed by atoms with van der Waals surface area (Å²) in [5.74, 6) is 1.90. The number of aliphatic hydroxyl groups excluding tert-OH is 1. The fourth-order valence-electron chi connectivity index (χ4n) is 2.76. The number of piperazine rings is 1. The van der Waals surface area contributed by atoms with Crippen molar-refractivity contribution in [3.8, 4) is 17.1 Å². The van der Waals surface area contributed by atoms with Crippen molar-refractivity contribution in [1.29, 1.82) is 0 Å². The summed E-state index contributed by atoms with van der Waals surface area (Å²) in [4.78, 5) is 9.03. The number of aliphatic hydroxyl groups is 1. The number of hydrogen-bond donors (Lipinski definition) is 1. The van der Waals surface area contributed by atoms with Crippen LogP contribution in [0.1, 0.15) is 5.89 Å². The molecule has 0 amide bonds. The monoisotopic (exact) mass is 318 g/mol. The molecule has 1 saturated heterocycles. The molecule has 0 saturated carbocycles. The van der Waals surface area contributed by atoms with Gasteiger partial charge in [0.15, 0.2) is 0 Å². The average Bonchev–Trinajstić information content (AvgIpc) is 3.05. The van der Waals surface area contributed by atoms with Crippen molar-refractivity contribution in [1.82, 2.24) is 19.9 Å². The second-order valence-corrected chi connectivity index (χ2v) is 5.55. The number of benzene rings is 1. The Balaban J connectivity index is 1.62. The quantitative estimate of drug-likeness (QED) is 0.846. The Morgan fingerprint density at radius 3 is 2.65 bits per heavy atom. The van der Waals surface area contributed by atoms with Gasteiger partial charge < -0.3 is 14.4 Å². The van der Waals surface area contributed by atoms with Crippen LogP contribution in [0.25, 0.3) is 11.4 Å². The molecule has 0 radical (unpaired) electrons. The van der Waals surface area contributed by atoms with Crippen molar-refractivity contribution in [3.05, 3.63) is 30.2 Å². The van der Waals surface area contributed by atoms with Gasteiger partial charge in [0.2, 0.25) is 11.7 Å². The lowest BCUT2D eigenvalue weighted by Crippen LogP contribution is -2.46. The Kier molecular flexibility index (Phi) is 5.22. The first-order valence-corrected chi connectivity index (χ1v) is 7.81. The lowest BCUT2D eigenvalue weighted by atomic mass is 10.2. The first-order chi connectivity index (χ1) is 11.3. The second-order valence-electron chi connectivity index (χ2n) is 5.55. The molecule has 1 aromatic carbocycles. The van der Waals surface area contributed by atoms with Gasteiger partial charge >= 0.3 is 0 Å². The van der Waals surface area contributed by atoms with Crippen LogP contribution >= 0.6 is 0 Å². The summed E-state index contributed by atoms with van der Waals surface area (Å²) in [7, 11) is 1.63. The molecule has 1 aromatic heterocycles. The number of para-hydroxylation sites is 1. The van der Waals surface area contributed by atoms with E-state index in [4.69, 9.17) is 14.4 Å². The van der Waals surface area contributed by atoms with Crippen LogP contribution in [0, 0.1) is 0 Å². The van der Waals surface area contributed by atoms with Crippen molar-refractivity contribution in [3.63, 3.8) is 0 Å². The molecule has 1 fully saturated rings. The van der Waals surface area contributed by atoms with Gasteiger partial charge in [-0.3, -0.25) is 9.80 Å². The van der Waals surface area contributed by atoms with E-state index in [9.17, 15) is 0 Å². The average molecular weight is 318 g/mol. The number of nitrogens with zero attached hydrogens (tertiary/aromatic N) is 4. The number of ether oxygens (including phenoxy) is 1. The van der Waals surface area contributed by atoms with E-state index in [2.05, 4.69) is 19.9 Å². The molecule has 2 aromatic rings. The van der Waals surface area contributed by atoms with E-state index in [0.29, 0.717) is 18.3 Å². The highest BCUT2D eigenvalue weighted by Crippen LogP contribution is 2.27. The van der Waals surface area contributed by atoms with Gasteiger partial charge in [-0.25, -0.2) is 0 Å². The maximum Gasteiger partial charge on any atom is 0.241 e. The molecule has 23 heavy (non-hydrogen) atoms. The third-order valence-corrected chi connectivity index (χ3v) is 4.06. The lowest BCUT2D eigenvalue weighted by Gasteiger charge is -2.33. The minimum atomic E-state index is 0.214. The summed E-state index contributed by atoms with van der Waals surface area (Å²) in [6.45, 7) is 5.38. The van der Waals surface area contributed by atoms with Gasteiger partial charge in [-0.15, -0.1) is 0 Å². The van der Waals surface area contributed by atoms with E-state index in [1.807, 2.05) is 24.3 Å². The van der Waals surface area contributed by atoms with Crippen LogP contribution < -0.4 is 4.74 Å². The summed E-state index contributed by atoms with van der Waals surface area (Å²) < 4.78 is 10.7. The summed E-state index contributed by atoms with van der Waals surface area (Å²) >= 11 is 0. The molecule has 124 valence electrons. The fraction of sp³-hybridized carbons (Fsp3) is 0.500. The standard InChI is InChI=1S/C16H22N4O3/c1-22-14-5-3-2-4-13(14)16-17-15(23-18-16)12-20-8-6-19(7-9-20)10-11-21/h2-5,21H,6-12H2,1H3. The van der Waals surface area contributed by atoms with Crippen molar-refractivity contribution < 1.29 is 14.4 Å². The van der Waals surface area contributed by atoms with Gasteiger partial charge in [0.25, 0.3) is 0 Å². The summed E-state index contributed by atoms with van der Waals surface area (Å²) in [5.41, 5.74) is 0.831. The zero-order valence-corrected chi connectivity index (χ0v) is 13.3. The van der Waals surface area contributed by atoms with E-state index in [0.717, 1.165) is 44.0 Å². The maximum absolute atomic E-state index is 8.97. The van der Waals surface area contributed by atoms with Crippen molar-refractivity contribution in [2.24, 2.45) is 0 Å². The Hall–Kier alpha value is -1.96. The molecular weight excluding hydrogens is 296 g/mol. The van der Waals surface area contributed by atoms with Gasteiger partial charge in [0.1, 0.15) is 5.75 Å². The Labute approximate surface area is 135 Å². The first kappa shape index (κ1) is 15.9. The van der Waals surface area contributed by atoms with E-state index in [1.54, 1.807) is 7.11 Å². The number of methoxy groups -OCH3 is 1. The smallest absolute Gasteiger partial charge is 0.241 e. The molecule has 0 spiro atoms. The topological polar surface area (TPSA) is 74.9 Å². The molecule has 3 rings (SSSR count). The van der Waals surface area contributed by atoms with Crippen LogP contribution in [0.2, 0.25) is 0 Å². The second kappa shape index (κ2) is 7.54. The van der Waals surface area contributed by atoms with Crippen molar-refractivity contribution in [2.45, 2.75) is 6.54 Å². The van der Waals surface area contributed by atoms with Crippen molar-refractivity contribution >= 4 is 0 Å². The molecule has 1 aliphatic heterocycles. The largest absolute Gasteiger partial charge is 0.496 e.